The lowest BCUT2D eigenvalue weighted by molar-refractivity contribution is -0.370. The van der Waals surface area contributed by atoms with Crippen LogP contribution in [0, 0.1) is 0 Å². The van der Waals surface area contributed by atoms with Crippen molar-refractivity contribution in [3.8, 4) is 0 Å². The minimum atomic E-state index is -1.68. The summed E-state index contributed by atoms with van der Waals surface area (Å²) >= 11 is 0. The Morgan fingerprint density at radius 3 is 2.35 bits per heavy atom. The molecule has 1 heterocycles. The highest BCUT2D eigenvalue weighted by Gasteiger charge is 2.65. The number of hydrogen-bond acceptors (Lipinski definition) is 6. The van der Waals surface area contributed by atoms with Crippen LogP contribution in [0.3, 0.4) is 0 Å². The molecule has 2 rings (SSSR count). The summed E-state index contributed by atoms with van der Waals surface area (Å²) in [5.41, 5.74) is -3.30. The summed E-state index contributed by atoms with van der Waals surface area (Å²) in [7, 11) is 1.35. The predicted octanol–water partition coefficient (Wildman–Crippen LogP) is -1.25. The third-order valence-electron chi connectivity index (χ3n) is 4.09. The second-order valence-corrected chi connectivity index (χ2v) is 4.91. The Kier molecular flexibility index (Phi) is 3.46. The highest BCUT2D eigenvalue weighted by molar-refractivity contribution is 5.13. The number of aliphatic hydroxyl groups excluding tert-OH is 2. The van der Waals surface area contributed by atoms with E-state index in [1.54, 1.807) is 0 Å². The van der Waals surface area contributed by atoms with E-state index < -0.39 is 36.3 Å². The molecule has 6 heteroatoms. The standard InChI is InChI=1S/C11H20O6/c1-16-9-8(13)11(15)5-3-2-4-10(11,14)7(6-12)17-9/h7-9,12-15H,2-6H2,1H3/t7-,8+,9-,10+,11+/m0/s1. The van der Waals surface area contributed by atoms with Gasteiger partial charge < -0.3 is 29.9 Å². The van der Waals surface area contributed by atoms with Crippen LogP contribution in [0.1, 0.15) is 25.7 Å². The summed E-state index contributed by atoms with van der Waals surface area (Å²) in [4.78, 5) is 0. The molecule has 2 fully saturated rings. The van der Waals surface area contributed by atoms with Gasteiger partial charge in [0.1, 0.15) is 23.4 Å². The molecule has 0 radical (unpaired) electrons. The molecule has 17 heavy (non-hydrogen) atoms. The van der Waals surface area contributed by atoms with Gasteiger partial charge in [0.15, 0.2) is 6.29 Å². The van der Waals surface area contributed by atoms with E-state index in [2.05, 4.69) is 0 Å². The Bertz CT molecular complexity index is 285. The van der Waals surface area contributed by atoms with Gasteiger partial charge in [0, 0.05) is 7.11 Å². The van der Waals surface area contributed by atoms with Crippen molar-refractivity contribution in [1.29, 1.82) is 0 Å². The summed E-state index contributed by atoms with van der Waals surface area (Å²) < 4.78 is 10.2. The number of hydrogen-bond donors (Lipinski definition) is 4. The third-order valence-corrected chi connectivity index (χ3v) is 4.09. The quantitative estimate of drug-likeness (QED) is 0.487. The SMILES string of the molecule is CO[C@H]1O[C@@H](CO)[C@]2(O)CCCC[C@@]2(O)[C@@H]1O. The molecular weight excluding hydrogens is 228 g/mol. The lowest BCUT2D eigenvalue weighted by Crippen LogP contribution is -2.75. The molecule has 100 valence electrons. The minimum absolute atomic E-state index is 0.268. The first-order chi connectivity index (χ1) is 7.99. The Morgan fingerprint density at radius 2 is 1.82 bits per heavy atom. The summed E-state index contributed by atoms with van der Waals surface area (Å²) in [6.07, 6.45) is -1.29. The molecule has 5 atom stereocenters. The molecule has 0 bridgehead atoms. The topological polar surface area (TPSA) is 99.4 Å². The number of fused-ring (bicyclic) bond motifs is 1. The van der Waals surface area contributed by atoms with Gasteiger partial charge in [-0.05, 0) is 12.8 Å². The van der Waals surface area contributed by atoms with Gasteiger partial charge >= 0.3 is 0 Å². The Hall–Kier alpha value is -0.240. The van der Waals surface area contributed by atoms with Crippen LogP contribution >= 0.6 is 0 Å². The molecule has 0 amide bonds. The zero-order valence-electron chi connectivity index (χ0n) is 9.87. The zero-order valence-corrected chi connectivity index (χ0v) is 9.87. The number of methoxy groups -OCH3 is 1. The van der Waals surface area contributed by atoms with Gasteiger partial charge in [-0.1, -0.05) is 12.8 Å². The van der Waals surface area contributed by atoms with Crippen LogP contribution in [0.2, 0.25) is 0 Å². The minimum Gasteiger partial charge on any atom is -0.394 e. The molecule has 0 aromatic rings. The maximum atomic E-state index is 10.6. The first-order valence-electron chi connectivity index (χ1n) is 5.91. The van der Waals surface area contributed by atoms with Crippen LogP contribution in [-0.2, 0) is 9.47 Å². The molecule has 1 saturated heterocycles. The molecule has 1 aliphatic carbocycles. The van der Waals surface area contributed by atoms with E-state index in [0.717, 1.165) is 6.42 Å². The maximum absolute atomic E-state index is 10.6. The molecular formula is C11H20O6. The van der Waals surface area contributed by atoms with Crippen molar-refractivity contribution in [3.05, 3.63) is 0 Å². The zero-order chi connectivity index (χ0) is 12.7. The van der Waals surface area contributed by atoms with E-state index >= 15 is 0 Å². The number of ether oxygens (including phenoxy) is 2. The van der Waals surface area contributed by atoms with Crippen molar-refractivity contribution >= 4 is 0 Å². The van der Waals surface area contributed by atoms with Crippen molar-refractivity contribution in [2.45, 2.75) is 55.4 Å². The Morgan fingerprint density at radius 1 is 1.24 bits per heavy atom. The van der Waals surface area contributed by atoms with Crippen molar-refractivity contribution in [2.24, 2.45) is 0 Å². The van der Waals surface area contributed by atoms with Crippen LogP contribution in [0.15, 0.2) is 0 Å². The largest absolute Gasteiger partial charge is 0.394 e. The van der Waals surface area contributed by atoms with E-state index in [0.29, 0.717) is 12.8 Å². The highest BCUT2D eigenvalue weighted by atomic mass is 16.7. The molecule has 0 aromatic heterocycles. The first kappa shape index (κ1) is 13.2. The smallest absolute Gasteiger partial charge is 0.186 e. The Balaban J connectivity index is 2.36. The molecule has 4 N–H and O–H groups in total. The second-order valence-electron chi connectivity index (χ2n) is 4.91. The van der Waals surface area contributed by atoms with Gasteiger partial charge in [0.25, 0.3) is 0 Å². The summed E-state index contributed by atoms with van der Waals surface area (Å²) in [6, 6.07) is 0. The van der Waals surface area contributed by atoms with Crippen molar-refractivity contribution in [2.75, 3.05) is 13.7 Å². The van der Waals surface area contributed by atoms with Crippen LogP contribution in [0.25, 0.3) is 0 Å². The highest BCUT2D eigenvalue weighted by Crippen LogP contribution is 2.47. The molecule has 1 aliphatic heterocycles. The van der Waals surface area contributed by atoms with Gasteiger partial charge in [-0.25, -0.2) is 0 Å². The van der Waals surface area contributed by atoms with Crippen molar-refractivity contribution in [1.82, 2.24) is 0 Å². The summed E-state index contributed by atoms with van der Waals surface area (Å²) in [5, 5.41) is 40.4. The fourth-order valence-electron chi connectivity index (χ4n) is 3.02. The van der Waals surface area contributed by atoms with Gasteiger partial charge in [-0.3, -0.25) is 0 Å². The van der Waals surface area contributed by atoms with Crippen LogP contribution in [0.4, 0.5) is 0 Å². The van der Waals surface area contributed by atoms with Gasteiger partial charge in [-0.15, -0.1) is 0 Å². The average Bonchev–Trinajstić information content (AvgIpc) is 2.33. The van der Waals surface area contributed by atoms with E-state index in [4.69, 9.17) is 9.47 Å². The molecule has 6 nitrogen and oxygen atoms in total. The van der Waals surface area contributed by atoms with E-state index in [-0.39, 0.29) is 6.42 Å². The van der Waals surface area contributed by atoms with E-state index in [1.807, 2.05) is 0 Å². The first-order valence-corrected chi connectivity index (χ1v) is 5.91. The van der Waals surface area contributed by atoms with Crippen LogP contribution in [0.5, 0.6) is 0 Å². The van der Waals surface area contributed by atoms with E-state index in [9.17, 15) is 20.4 Å². The molecule has 0 unspecified atom stereocenters. The number of rotatable bonds is 2. The fourth-order valence-corrected chi connectivity index (χ4v) is 3.02. The normalized spacial score (nSPS) is 51.0. The molecule has 2 aliphatic rings. The summed E-state index contributed by atoms with van der Waals surface area (Å²) in [6.45, 7) is -0.425. The van der Waals surface area contributed by atoms with E-state index in [1.165, 1.54) is 7.11 Å². The van der Waals surface area contributed by atoms with Gasteiger partial charge in [0.2, 0.25) is 0 Å². The van der Waals surface area contributed by atoms with Crippen molar-refractivity contribution < 1.29 is 29.9 Å². The predicted molar refractivity (Wildman–Crippen MR) is 57.1 cm³/mol. The molecule has 0 aromatic carbocycles. The molecule has 1 saturated carbocycles. The maximum Gasteiger partial charge on any atom is 0.186 e. The fraction of sp³-hybridized carbons (Fsp3) is 1.00. The van der Waals surface area contributed by atoms with Crippen LogP contribution in [-0.4, -0.2) is 63.8 Å². The lowest BCUT2D eigenvalue weighted by Gasteiger charge is -2.57. The van der Waals surface area contributed by atoms with Crippen LogP contribution < -0.4 is 0 Å². The van der Waals surface area contributed by atoms with Gasteiger partial charge in [0.05, 0.1) is 6.61 Å². The monoisotopic (exact) mass is 248 g/mol. The summed E-state index contributed by atoms with van der Waals surface area (Å²) in [5.74, 6) is 0. The Labute approximate surface area is 99.8 Å². The number of aliphatic hydroxyl groups is 4. The third kappa shape index (κ3) is 1.71. The van der Waals surface area contributed by atoms with Crippen molar-refractivity contribution in [3.63, 3.8) is 0 Å². The van der Waals surface area contributed by atoms with Gasteiger partial charge in [-0.2, -0.15) is 0 Å². The lowest BCUT2D eigenvalue weighted by atomic mass is 9.64. The average molecular weight is 248 g/mol. The second kappa shape index (κ2) is 4.46. The molecule has 0 spiro atoms.